The van der Waals surface area contributed by atoms with Crippen molar-refractivity contribution in [3.63, 3.8) is 0 Å². The molecule has 2 heterocycles. The van der Waals surface area contributed by atoms with Gasteiger partial charge in [-0.15, -0.1) is 0 Å². The highest BCUT2D eigenvalue weighted by atomic mass is 79.9. The van der Waals surface area contributed by atoms with E-state index in [0.717, 1.165) is 40.3 Å². The molecule has 1 atom stereocenters. The Bertz CT molecular complexity index is 559. The van der Waals surface area contributed by atoms with Crippen LogP contribution in [0.1, 0.15) is 42.8 Å². The van der Waals surface area contributed by atoms with Gasteiger partial charge in [0, 0.05) is 19.4 Å². The highest BCUT2D eigenvalue weighted by molar-refractivity contribution is 9.10. The monoisotopic (exact) mass is 325 g/mol. The summed E-state index contributed by atoms with van der Waals surface area (Å²) in [6.07, 6.45) is 1.61. The fraction of sp³-hybridized carbons (Fsp3) is 0.500. The molecule has 0 aliphatic carbocycles. The number of aromatic nitrogens is 2. The van der Waals surface area contributed by atoms with Crippen molar-refractivity contribution in [2.45, 2.75) is 46.2 Å². The van der Waals surface area contributed by atoms with Crippen molar-refractivity contribution in [3.8, 4) is 0 Å². The number of nitrogens with zero attached hydrogens (tertiary/aromatic N) is 2. The van der Waals surface area contributed by atoms with Gasteiger partial charge in [-0.3, -0.25) is 4.68 Å². The zero-order valence-corrected chi connectivity index (χ0v) is 13.2. The van der Waals surface area contributed by atoms with Crippen LogP contribution in [0.3, 0.4) is 0 Å². The largest absolute Gasteiger partial charge is 0.464 e. The van der Waals surface area contributed by atoms with Crippen LogP contribution >= 0.6 is 15.9 Å². The molecule has 2 aromatic rings. The summed E-state index contributed by atoms with van der Waals surface area (Å²) in [5, 5.41) is 4.48. The lowest BCUT2D eigenvalue weighted by molar-refractivity contribution is 0.429. The Morgan fingerprint density at radius 1 is 1.42 bits per heavy atom. The summed E-state index contributed by atoms with van der Waals surface area (Å²) < 4.78 is 8.75. The van der Waals surface area contributed by atoms with Crippen LogP contribution in [-0.4, -0.2) is 9.78 Å². The maximum Gasteiger partial charge on any atom is 0.121 e. The van der Waals surface area contributed by atoms with Gasteiger partial charge in [-0.05, 0) is 41.9 Å². The predicted octanol–water partition coefficient (Wildman–Crippen LogP) is 3.37. The van der Waals surface area contributed by atoms with Crippen LogP contribution in [0.15, 0.2) is 21.0 Å². The lowest BCUT2D eigenvalue weighted by atomic mass is 10.1. The van der Waals surface area contributed by atoms with Crippen molar-refractivity contribution in [3.05, 3.63) is 39.5 Å². The van der Waals surface area contributed by atoms with Crippen LogP contribution in [-0.2, 0) is 19.4 Å². The number of halogens is 1. The minimum atomic E-state index is -0.141. The van der Waals surface area contributed by atoms with E-state index in [1.54, 1.807) is 0 Å². The van der Waals surface area contributed by atoms with E-state index >= 15 is 0 Å². The zero-order valence-electron chi connectivity index (χ0n) is 11.6. The Morgan fingerprint density at radius 2 is 2.16 bits per heavy atom. The van der Waals surface area contributed by atoms with Gasteiger partial charge in [-0.1, -0.05) is 6.92 Å². The molecule has 1 unspecified atom stereocenters. The van der Waals surface area contributed by atoms with E-state index in [1.807, 2.05) is 23.7 Å². The molecule has 0 fully saturated rings. The topological polar surface area (TPSA) is 57.0 Å². The van der Waals surface area contributed by atoms with Gasteiger partial charge in [0.05, 0.1) is 21.9 Å². The molecule has 0 spiro atoms. The van der Waals surface area contributed by atoms with Crippen LogP contribution < -0.4 is 5.73 Å². The third kappa shape index (κ3) is 2.92. The van der Waals surface area contributed by atoms with Crippen LogP contribution in [0.2, 0.25) is 0 Å². The first kappa shape index (κ1) is 14.3. The molecule has 0 bridgehead atoms. The van der Waals surface area contributed by atoms with E-state index in [2.05, 4.69) is 34.9 Å². The molecule has 0 aliphatic rings. The van der Waals surface area contributed by atoms with Gasteiger partial charge in [0.15, 0.2) is 0 Å². The second kappa shape index (κ2) is 5.92. The summed E-state index contributed by atoms with van der Waals surface area (Å²) in [4.78, 5) is 0. The van der Waals surface area contributed by atoms with Gasteiger partial charge < -0.3 is 10.2 Å². The molecule has 0 amide bonds. The summed E-state index contributed by atoms with van der Waals surface area (Å²) in [7, 11) is 0. The summed E-state index contributed by atoms with van der Waals surface area (Å²) >= 11 is 3.59. The summed E-state index contributed by atoms with van der Waals surface area (Å²) in [5.41, 5.74) is 8.37. The van der Waals surface area contributed by atoms with Crippen molar-refractivity contribution in [2.24, 2.45) is 5.73 Å². The average Bonchev–Trinajstić information content (AvgIpc) is 2.98. The molecule has 19 heavy (non-hydrogen) atoms. The van der Waals surface area contributed by atoms with Gasteiger partial charge in [-0.25, -0.2) is 0 Å². The van der Waals surface area contributed by atoms with Gasteiger partial charge in [0.2, 0.25) is 0 Å². The van der Waals surface area contributed by atoms with Gasteiger partial charge >= 0.3 is 0 Å². The minimum Gasteiger partial charge on any atom is -0.464 e. The normalized spacial score (nSPS) is 12.9. The predicted molar refractivity (Wildman–Crippen MR) is 79.1 cm³/mol. The SMILES string of the molecule is CCc1ccc(C(N)Cc2c(Br)c(C)nn2CC)o1. The highest BCUT2D eigenvalue weighted by Crippen LogP contribution is 2.26. The summed E-state index contributed by atoms with van der Waals surface area (Å²) in [6.45, 7) is 6.98. The summed E-state index contributed by atoms with van der Waals surface area (Å²) in [5.74, 6) is 1.81. The lowest BCUT2D eigenvalue weighted by Gasteiger charge is -2.11. The van der Waals surface area contributed by atoms with E-state index in [0.29, 0.717) is 6.42 Å². The zero-order chi connectivity index (χ0) is 14.0. The fourth-order valence-electron chi connectivity index (χ4n) is 2.16. The molecular formula is C14H20BrN3O. The molecule has 0 aromatic carbocycles. The van der Waals surface area contributed by atoms with Crippen LogP contribution in [0, 0.1) is 6.92 Å². The van der Waals surface area contributed by atoms with E-state index in [1.165, 1.54) is 0 Å². The van der Waals surface area contributed by atoms with Crippen LogP contribution in [0.25, 0.3) is 0 Å². The van der Waals surface area contributed by atoms with E-state index in [9.17, 15) is 0 Å². The Hall–Kier alpha value is -1.07. The number of furan rings is 1. The Balaban J connectivity index is 2.20. The third-order valence-electron chi connectivity index (χ3n) is 3.26. The molecule has 2 N–H and O–H groups in total. The number of aryl methyl sites for hydroxylation is 3. The number of rotatable bonds is 5. The maximum absolute atomic E-state index is 6.24. The van der Waals surface area contributed by atoms with E-state index in [4.69, 9.17) is 10.2 Å². The molecule has 4 nitrogen and oxygen atoms in total. The lowest BCUT2D eigenvalue weighted by Crippen LogP contribution is -2.15. The standard InChI is InChI=1S/C14H20BrN3O/c1-4-10-6-7-13(19-10)11(16)8-12-14(15)9(3)17-18(12)5-2/h6-7,11H,4-5,8,16H2,1-3H3. The fourth-order valence-corrected chi connectivity index (χ4v) is 2.60. The molecule has 0 radical (unpaired) electrons. The highest BCUT2D eigenvalue weighted by Gasteiger charge is 2.18. The number of nitrogens with two attached hydrogens (primary N) is 1. The third-order valence-corrected chi connectivity index (χ3v) is 4.29. The minimum absolute atomic E-state index is 0.141. The Labute approximate surface area is 122 Å². The van der Waals surface area contributed by atoms with Crippen molar-refractivity contribution in [1.29, 1.82) is 0 Å². The molecule has 2 rings (SSSR count). The second-order valence-electron chi connectivity index (χ2n) is 4.63. The Morgan fingerprint density at radius 3 is 2.74 bits per heavy atom. The maximum atomic E-state index is 6.24. The van der Waals surface area contributed by atoms with Crippen LogP contribution in [0.5, 0.6) is 0 Å². The first-order valence-electron chi connectivity index (χ1n) is 6.62. The number of hydrogen-bond acceptors (Lipinski definition) is 3. The molecule has 104 valence electrons. The van der Waals surface area contributed by atoms with Gasteiger partial charge in [-0.2, -0.15) is 5.10 Å². The van der Waals surface area contributed by atoms with Crippen molar-refractivity contribution >= 4 is 15.9 Å². The smallest absolute Gasteiger partial charge is 0.121 e. The molecule has 2 aromatic heterocycles. The van der Waals surface area contributed by atoms with E-state index in [-0.39, 0.29) is 6.04 Å². The van der Waals surface area contributed by atoms with Crippen molar-refractivity contribution in [1.82, 2.24) is 9.78 Å². The van der Waals surface area contributed by atoms with Crippen molar-refractivity contribution < 1.29 is 4.42 Å². The average molecular weight is 326 g/mol. The number of hydrogen-bond donors (Lipinski definition) is 1. The first-order chi connectivity index (χ1) is 9.06. The Kier molecular flexibility index (Phi) is 4.47. The van der Waals surface area contributed by atoms with Gasteiger partial charge in [0.25, 0.3) is 0 Å². The molecule has 0 saturated heterocycles. The van der Waals surface area contributed by atoms with Crippen molar-refractivity contribution in [2.75, 3.05) is 0 Å². The molecular weight excluding hydrogens is 306 g/mol. The van der Waals surface area contributed by atoms with Crippen LogP contribution in [0.4, 0.5) is 0 Å². The van der Waals surface area contributed by atoms with Gasteiger partial charge in [0.1, 0.15) is 11.5 Å². The molecule has 0 saturated carbocycles. The van der Waals surface area contributed by atoms with E-state index < -0.39 is 0 Å². The molecule has 0 aliphatic heterocycles. The summed E-state index contributed by atoms with van der Waals surface area (Å²) in [6, 6.07) is 3.82. The molecule has 5 heteroatoms. The quantitative estimate of drug-likeness (QED) is 0.916. The second-order valence-corrected chi connectivity index (χ2v) is 5.42. The first-order valence-corrected chi connectivity index (χ1v) is 7.42.